The molecule has 7 heteroatoms. The standard InChI is InChI=1S/C14H19N7/c1-10-7-11(2)21(19-10)6-4-5-15-13-12-8-18-20(3)14(12)17-9-16-13/h7-9H,4-6H2,1-3H3,(H,15,16,17). The van der Waals surface area contributed by atoms with Crippen molar-refractivity contribution in [3.05, 3.63) is 30.0 Å². The lowest BCUT2D eigenvalue weighted by Gasteiger charge is -2.07. The normalized spacial score (nSPS) is 11.2. The number of nitrogens with zero attached hydrogens (tertiary/aromatic N) is 6. The number of hydrogen-bond donors (Lipinski definition) is 1. The maximum atomic E-state index is 4.46. The molecule has 3 heterocycles. The van der Waals surface area contributed by atoms with Crippen molar-refractivity contribution in [1.29, 1.82) is 0 Å². The van der Waals surface area contributed by atoms with E-state index in [2.05, 4.69) is 38.5 Å². The second kappa shape index (κ2) is 5.51. The Hall–Kier alpha value is -2.44. The summed E-state index contributed by atoms with van der Waals surface area (Å²) in [6, 6.07) is 2.09. The SMILES string of the molecule is Cc1cc(C)n(CCCNc2ncnc3c2cnn3C)n1. The molecule has 0 saturated carbocycles. The van der Waals surface area contributed by atoms with Gasteiger partial charge in [-0.25, -0.2) is 9.97 Å². The van der Waals surface area contributed by atoms with Gasteiger partial charge >= 0.3 is 0 Å². The summed E-state index contributed by atoms with van der Waals surface area (Å²) >= 11 is 0. The largest absolute Gasteiger partial charge is 0.369 e. The Labute approximate surface area is 123 Å². The quantitative estimate of drug-likeness (QED) is 0.722. The minimum Gasteiger partial charge on any atom is -0.369 e. The van der Waals surface area contributed by atoms with Crippen LogP contribution in [0.15, 0.2) is 18.6 Å². The summed E-state index contributed by atoms with van der Waals surface area (Å²) in [6.45, 7) is 5.83. The van der Waals surface area contributed by atoms with Crippen LogP contribution in [0.25, 0.3) is 11.0 Å². The lowest BCUT2D eigenvalue weighted by Crippen LogP contribution is -2.10. The van der Waals surface area contributed by atoms with E-state index in [1.807, 2.05) is 18.7 Å². The van der Waals surface area contributed by atoms with Crippen LogP contribution in [0.5, 0.6) is 0 Å². The number of nitrogens with one attached hydrogen (secondary N) is 1. The Bertz CT molecular complexity index is 756. The van der Waals surface area contributed by atoms with Gasteiger partial charge in [0, 0.05) is 25.8 Å². The maximum absolute atomic E-state index is 4.46. The van der Waals surface area contributed by atoms with Crippen LogP contribution in [0.1, 0.15) is 17.8 Å². The van der Waals surface area contributed by atoms with Gasteiger partial charge in [-0.3, -0.25) is 9.36 Å². The second-order valence-electron chi connectivity index (χ2n) is 5.16. The summed E-state index contributed by atoms with van der Waals surface area (Å²) in [7, 11) is 1.88. The van der Waals surface area contributed by atoms with Gasteiger partial charge in [0.2, 0.25) is 0 Å². The Morgan fingerprint density at radius 3 is 2.86 bits per heavy atom. The number of aromatic nitrogens is 6. The van der Waals surface area contributed by atoms with Crippen LogP contribution in [0, 0.1) is 13.8 Å². The molecule has 0 fully saturated rings. The predicted molar refractivity (Wildman–Crippen MR) is 81.1 cm³/mol. The molecule has 0 aliphatic heterocycles. The van der Waals surface area contributed by atoms with Crippen molar-refractivity contribution in [2.45, 2.75) is 26.8 Å². The highest BCUT2D eigenvalue weighted by Crippen LogP contribution is 2.17. The zero-order valence-corrected chi connectivity index (χ0v) is 12.5. The third-order valence-corrected chi connectivity index (χ3v) is 3.47. The molecule has 0 spiro atoms. The smallest absolute Gasteiger partial charge is 0.163 e. The van der Waals surface area contributed by atoms with E-state index in [0.29, 0.717) is 0 Å². The molecule has 110 valence electrons. The van der Waals surface area contributed by atoms with E-state index >= 15 is 0 Å². The van der Waals surface area contributed by atoms with Crippen molar-refractivity contribution in [1.82, 2.24) is 29.5 Å². The Balaban J connectivity index is 1.61. The number of aryl methyl sites for hydroxylation is 4. The molecule has 3 aromatic rings. The molecule has 0 aliphatic carbocycles. The first-order chi connectivity index (χ1) is 10.1. The lowest BCUT2D eigenvalue weighted by atomic mass is 10.3. The van der Waals surface area contributed by atoms with Crippen LogP contribution < -0.4 is 5.32 Å². The van der Waals surface area contributed by atoms with E-state index in [9.17, 15) is 0 Å². The van der Waals surface area contributed by atoms with Crippen molar-refractivity contribution < 1.29 is 0 Å². The lowest BCUT2D eigenvalue weighted by molar-refractivity contribution is 0.573. The van der Waals surface area contributed by atoms with Gasteiger partial charge in [-0.15, -0.1) is 0 Å². The Morgan fingerprint density at radius 2 is 2.10 bits per heavy atom. The predicted octanol–water partition coefficient (Wildman–Crippen LogP) is 1.68. The van der Waals surface area contributed by atoms with E-state index in [4.69, 9.17) is 0 Å². The van der Waals surface area contributed by atoms with E-state index in [1.54, 1.807) is 17.2 Å². The van der Waals surface area contributed by atoms with Crippen molar-refractivity contribution in [3.8, 4) is 0 Å². The van der Waals surface area contributed by atoms with Gasteiger partial charge in [-0.1, -0.05) is 0 Å². The topological polar surface area (TPSA) is 73.5 Å². The van der Waals surface area contributed by atoms with Gasteiger partial charge in [0.15, 0.2) is 5.65 Å². The average Bonchev–Trinajstić information content (AvgIpc) is 2.99. The molecule has 0 aliphatic rings. The molecular formula is C14H19N7. The second-order valence-corrected chi connectivity index (χ2v) is 5.16. The summed E-state index contributed by atoms with van der Waals surface area (Å²) in [5.41, 5.74) is 3.10. The van der Waals surface area contributed by atoms with Gasteiger partial charge in [0.1, 0.15) is 12.1 Å². The molecule has 21 heavy (non-hydrogen) atoms. The van der Waals surface area contributed by atoms with E-state index in [0.717, 1.165) is 42.1 Å². The zero-order chi connectivity index (χ0) is 14.8. The van der Waals surface area contributed by atoms with Crippen LogP contribution >= 0.6 is 0 Å². The highest BCUT2D eigenvalue weighted by Gasteiger charge is 2.07. The van der Waals surface area contributed by atoms with Crippen molar-refractivity contribution in [2.75, 3.05) is 11.9 Å². The van der Waals surface area contributed by atoms with Gasteiger partial charge in [0.05, 0.1) is 17.3 Å². The van der Waals surface area contributed by atoms with Gasteiger partial charge < -0.3 is 5.32 Å². The van der Waals surface area contributed by atoms with Crippen LogP contribution in [0.2, 0.25) is 0 Å². The highest BCUT2D eigenvalue weighted by atomic mass is 15.3. The third-order valence-electron chi connectivity index (χ3n) is 3.47. The highest BCUT2D eigenvalue weighted by molar-refractivity contribution is 5.85. The third kappa shape index (κ3) is 2.72. The molecule has 3 aromatic heterocycles. The van der Waals surface area contributed by atoms with Gasteiger partial charge in [-0.2, -0.15) is 10.2 Å². The van der Waals surface area contributed by atoms with E-state index in [-0.39, 0.29) is 0 Å². The fourth-order valence-corrected chi connectivity index (χ4v) is 2.44. The monoisotopic (exact) mass is 285 g/mol. The number of fused-ring (bicyclic) bond motifs is 1. The fourth-order valence-electron chi connectivity index (χ4n) is 2.44. The maximum Gasteiger partial charge on any atom is 0.163 e. The summed E-state index contributed by atoms with van der Waals surface area (Å²) in [5.74, 6) is 0.835. The average molecular weight is 285 g/mol. The zero-order valence-electron chi connectivity index (χ0n) is 12.5. The van der Waals surface area contributed by atoms with Crippen LogP contribution in [-0.2, 0) is 13.6 Å². The van der Waals surface area contributed by atoms with Crippen molar-refractivity contribution >= 4 is 16.9 Å². The van der Waals surface area contributed by atoms with Gasteiger partial charge in [-0.05, 0) is 26.3 Å². The molecular weight excluding hydrogens is 266 g/mol. The fraction of sp³-hybridized carbons (Fsp3) is 0.429. The number of hydrogen-bond acceptors (Lipinski definition) is 5. The molecule has 1 N–H and O–H groups in total. The van der Waals surface area contributed by atoms with E-state index in [1.165, 1.54) is 5.69 Å². The van der Waals surface area contributed by atoms with Crippen LogP contribution in [0.4, 0.5) is 5.82 Å². The summed E-state index contributed by atoms with van der Waals surface area (Å²) in [4.78, 5) is 8.52. The van der Waals surface area contributed by atoms with E-state index < -0.39 is 0 Å². The molecule has 0 unspecified atom stereocenters. The first-order valence-electron chi connectivity index (χ1n) is 7.03. The van der Waals surface area contributed by atoms with Crippen molar-refractivity contribution in [2.24, 2.45) is 7.05 Å². The summed E-state index contributed by atoms with van der Waals surface area (Å²) in [6.07, 6.45) is 4.33. The summed E-state index contributed by atoms with van der Waals surface area (Å²) < 4.78 is 3.79. The Kier molecular flexibility index (Phi) is 3.55. The molecule has 0 atom stereocenters. The number of anilines is 1. The first-order valence-corrected chi connectivity index (χ1v) is 7.03. The first kappa shape index (κ1) is 13.5. The van der Waals surface area contributed by atoms with Crippen molar-refractivity contribution in [3.63, 3.8) is 0 Å². The molecule has 3 rings (SSSR count). The summed E-state index contributed by atoms with van der Waals surface area (Å²) in [5, 5.41) is 13.0. The molecule has 7 nitrogen and oxygen atoms in total. The minimum atomic E-state index is 0.833. The van der Waals surface area contributed by atoms with Gasteiger partial charge in [0.25, 0.3) is 0 Å². The Morgan fingerprint density at radius 1 is 1.24 bits per heavy atom. The molecule has 0 amide bonds. The van der Waals surface area contributed by atoms with Crippen LogP contribution in [0.3, 0.4) is 0 Å². The molecule has 0 bridgehead atoms. The molecule has 0 aromatic carbocycles. The van der Waals surface area contributed by atoms with Crippen LogP contribution in [-0.4, -0.2) is 36.1 Å². The molecule has 0 radical (unpaired) electrons. The number of rotatable bonds is 5. The minimum absolute atomic E-state index is 0.833. The molecule has 0 saturated heterocycles.